The molecule has 23 heavy (non-hydrogen) atoms. The number of benzene rings is 1. The van der Waals surface area contributed by atoms with Crippen molar-refractivity contribution in [3.63, 3.8) is 0 Å². The first kappa shape index (κ1) is 16.7. The molecular formula is C19H30N2O2. The highest BCUT2D eigenvalue weighted by Crippen LogP contribution is 2.44. The van der Waals surface area contributed by atoms with Gasteiger partial charge in [-0.3, -0.25) is 4.90 Å². The van der Waals surface area contributed by atoms with E-state index in [0.29, 0.717) is 11.3 Å². The molecular weight excluding hydrogens is 288 g/mol. The van der Waals surface area contributed by atoms with Crippen LogP contribution in [0.2, 0.25) is 0 Å². The third-order valence-corrected chi connectivity index (χ3v) is 5.77. The molecule has 0 bridgehead atoms. The summed E-state index contributed by atoms with van der Waals surface area (Å²) >= 11 is 0. The molecule has 3 rings (SSSR count). The van der Waals surface area contributed by atoms with Crippen LogP contribution in [-0.2, 0) is 11.3 Å². The van der Waals surface area contributed by atoms with Crippen molar-refractivity contribution in [3.8, 4) is 5.75 Å². The molecule has 2 heterocycles. The zero-order valence-corrected chi connectivity index (χ0v) is 14.8. The van der Waals surface area contributed by atoms with Gasteiger partial charge in [-0.2, -0.15) is 0 Å². The Bertz CT molecular complexity index is 495. The fourth-order valence-corrected chi connectivity index (χ4v) is 4.44. The Kier molecular flexibility index (Phi) is 5.24. The van der Waals surface area contributed by atoms with Gasteiger partial charge in [0, 0.05) is 32.7 Å². The minimum Gasteiger partial charge on any atom is -0.497 e. The lowest BCUT2D eigenvalue weighted by Gasteiger charge is -2.42. The summed E-state index contributed by atoms with van der Waals surface area (Å²) in [5, 5.41) is 0. The van der Waals surface area contributed by atoms with Gasteiger partial charge in [0.15, 0.2) is 0 Å². The van der Waals surface area contributed by atoms with Crippen molar-refractivity contribution in [2.24, 2.45) is 11.3 Å². The van der Waals surface area contributed by atoms with Crippen LogP contribution in [0.25, 0.3) is 0 Å². The van der Waals surface area contributed by atoms with Crippen molar-refractivity contribution in [1.29, 1.82) is 0 Å². The van der Waals surface area contributed by atoms with Gasteiger partial charge < -0.3 is 14.4 Å². The van der Waals surface area contributed by atoms with Gasteiger partial charge in [-0.25, -0.2) is 0 Å². The Hall–Kier alpha value is -1.10. The molecule has 2 aliphatic rings. The number of nitrogens with zero attached hydrogens (tertiary/aromatic N) is 2. The first-order valence-electron chi connectivity index (χ1n) is 8.68. The van der Waals surface area contributed by atoms with Gasteiger partial charge in [-0.15, -0.1) is 0 Å². The summed E-state index contributed by atoms with van der Waals surface area (Å²) in [6.45, 7) is 6.76. The van der Waals surface area contributed by atoms with Gasteiger partial charge in [0.1, 0.15) is 5.75 Å². The second kappa shape index (κ2) is 7.20. The van der Waals surface area contributed by atoms with E-state index in [2.05, 4.69) is 41.1 Å². The van der Waals surface area contributed by atoms with E-state index in [1.807, 2.05) is 7.11 Å². The topological polar surface area (TPSA) is 24.9 Å². The molecule has 2 aliphatic heterocycles. The maximum Gasteiger partial charge on any atom is 0.118 e. The van der Waals surface area contributed by atoms with Crippen LogP contribution >= 0.6 is 0 Å². The normalized spacial score (nSPS) is 25.1. The molecule has 0 radical (unpaired) electrons. The van der Waals surface area contributed by atoms with Crippen molar-refractivity contribution >= 4 is 0 Å². The Morgan fingerprint density at radius 3 is 2.43 bits per heavy atom. The molecule has 1 spiro atoms. The minimum absolute atomic E-state index is 0.473. The summed E-state index contributed by atoms with van der Waals surface area (Å²) in [5.74, 6) is 1.63. The molecule has 0 aromatic heterocycles. The summed E-state index contributed by atoms with van der Waals surface area (Å²) in [4.78, 5) is 5.08. The lowest BCUT2D eigenvalue weighted by molar-refractivity contribution is 0.0354. The third-order valence-electron chi connectivity index (χ3n) is 5.77. The quantitative estimate of drug-likeness (QED) is 0.833. The van der Waals surface area contributed by atoms with E-state index in [4.69, 9.17) is 9.47 Å². The van der Waals surface area contributed by atoms with E-state index in [1.165, 1.54) is 44.6 Å². The number of ether oxygens (including phenoxy) is 2. The Balaban J connectivity index is 1.57. The molecule has 0 unspecified atom stereocenters. The lowest BCUT2D eigenvalue weighted by Crippen LogP contribution is -2.44. The molecule has 4 nitrogen and oxygen atoms in total. The average molecular weight is 318 g/mol. The molecule has 0 N–H and O–H groups in total. The second-order valence-corrected chi connectivity index (χ2v) is 7.34. The molecule has 0 saturated carbocycles. The number of piperidine rings is 1. The SMILES string of the molecule is COC[C@H]1CN(C)CC12CCN(Cc1ccc(OC)cc1)CC2. The van der Waals surface area contributed by atoms with Crippen LogP contribution in [0.15, 0.2) is 24.3 Å². The number of methoxy groups -OCH3 is 2. The molecule has 1 atom stereocenters. The van der Waals surface area contributed by atoms with Crippen molar-refractivity contribution in [1.82, 2.24) is 9.80 Å². The van der Waals surface area contributed by atoms with E-state index in [9.17, 15) is 0 Å². The standard InChI is InChI=1S/C19H30N2O2/c1-20-13-17(14-22-2)19(15-20)8-10-21(11-9-19)12-16-4-6-18(23-3)7-5-16/h4-7,17H,8-15H2,1-3H3/t17-/m1/s1. The summed E-state index contributed by atoms with van der Waals surface area (Å²) < 4.78 is 10.7. The predicted octanol–water partition coefficient (Wildman–Crippen LogP) is 2.49. The fraction of sp³-hybridized carbons (Fsp3) is 0.684. The zero-order chi connectivity index (χ0) is 16.3. The van der Waals surface area contributed by atoms with Crippen molar-refractivity contribution < 1.29 is 9.47 Å². The maximum atomic E-state index is 5.49. The Labute approximate surface area is 140 Å². The largest absolute Gasteiger partial charge is 0.497 e. The van der Waals surface area contributed by atoms with Gasteiger partial charge in [-0.05, 0) is 56.1 Å². The first-order chi connectivity index (χ1) is 11.1. The van der Waals surface area contributed by atoms with E-state index < -0.39 is 0 Å². The van der Waals surface area contributed by atoms with Crippen molar-refractivity contribution in [2.75, 3.05) is 54.1 Å². The number of rotatable bonds is 5. The highest BCUT2D eigenvalue weighted by atomic mass is 16.5. The lowest BCUT2D eigenvalue weighted by atomic mass is 9.71. The molecule has 2 fully saturated rings. The van der Waals surface area contributed by atoms with Crippen molar-refractivity contribution in [2.45, 2.75) is 19.4 Å². The van der Waals surface area contributed by atoms with Gasteiger partial charge in [0.2, 0.25) is 0 Å². The highest BCUT2D eigenvalue weighted by molar-refractivity contribution is 5.27. The van der Waals surface area contributed by atoms with Crippen LogP contribution in [0.4, 0.5) is 0 Å². The molecule has 128 valence electrons. The van der Waals surface area contributed by atoms with Crippen LogP contribution in [0.5, 0.6) is 5.75 Å². The van der Waals surface area contributed by atoms with Crippen LogP contribution < -0.4 is 4.74 Å². The predicted molar refractivity (Wildman–Crippen MR) is 92.8 cm³/mol. The molecule has 4 heteroatoms. The molecule has 2 saturated heterocycles. The summed E-state index contributed by atoms with van der Waals surface area (Å²) in [6, 6.07) is 8.48. The zero-order valence-electron chi connectivity index (χ0n) is 14.8. The fourth-order valence-electron chi connectivity index (χ4n) is 4.44. The average Bonchev–Trinajstić information content (AvgIpc) is 2.86. The van der Waals surface area contributed by atoms with Crippen LogP contribution in [0, 0.1) is 11.3 Å². The third kappa shape index (κ3) is 3.70. The summed E-state index contributed by atoms with van der Waals surface area (Å²) in [6.07, 6.45) is 2.59. The smallest absolute Gasteiger partial charge is 0.118 e. The van der Waals surface area contributed by atoms with Crippen molar-refractivity contribution in [3.05, 3.63) is 29.8 Å². The Morgan fingerprint density at radius 1 is 1.13 bits per heavy atom. The number of hydrogen-bond acceptors (Lipinski definition) is 4. The van der Waals surface area contributed by atoms with E-state index in [0.717, 1.165) is 18.9 Å². The maximum absolute atomic E-state index is 5.49. The molecule has 1 aromatic carbocycles. The van der Waals surface area contributed by atoms with Gasteiger partial charge in [0.25, 0.3) is 0 Å². The highest BCUT2D eigenvalue weighted by Gasteiger charge is 2.46. The monoisotopic (exact) mass is 318 g/mol. The Morgan fingerprint density at radius 2 is 1.83 bits per heavy atom. The number of likely N-dealkylation sites (tertiary alicyclic amines) is 2. The van der Waals surface area contributed by atoms with E-state index in [-0.39, 0.29) is 0 Å². The van der Waals surface area contributed by atoms with Gasteiger partial charge in [-0.1, -0.05) is 12.1 Å². The van der Waals surface area contributed by atoms with Crippen LogP contribution in [0.3, 0.4) is 0 Å². The number of hydrogen-bond donors (Lipinski definition) is 0. The molecule has 1 aromatic rings. The van der Waals surface area contributed by atoms with E-state index >= 15 is 0 Å². The van der Waals surface area contributed by atoms with E-state index in [1.54, 1.807) is 7.11 Å². The van der Waals surface area contributed by atoms with Gasteiger partial charge >= 0.3 is 0 Å². The molecule has 0 aliphatic carbocycles. The van der Waals surface area contributed by atoms with Crippen LogP contribution in [0.1, 0.15) is 18.4 Å². The summed E-state index contributed by atoms with van der Waals surface area (Å²) in [7, 11) is 5.81. The van der Waals surface area contributed by atoms with Gasteiger partial charge in [0.05, 0.1) is 13.7 Å². The minimum atomic E-state index is 0.473. The van der Waals surface area contributed by atoms with Crippen LogP contribution in [-0.4, -0.2) is 63.9 Å². The molecule has 0 amide bonds. The second-order valence-electron chi connectivity index (χ2n) is 7.34. The summed E-state index contributed by atoms with van der Waals surface area (Å²) in [5.41, 5.74) is 1.85. The first-order valence-corrected chi connectivity index (χ1v) is 8.68.